The van der Waals surface area contributed by atoms with Crippen LogP contribution in [0.1, 0.15) is 18.1 Å². The Kier molecular flexibility index (Phi) is 4.92. The van der Waals surface area contributed by atoms with Gasteiger partial charge in [-0.15, -0.1) is 18.6 Å². The maximum atomic E-state index is 5.63. The lowest BCUT2D eigenvalue weighted by Crippen LogP contribution is -2.06. The molecule has 0 aromatic heterocycles. The summed E-state index contributed by atoms with van der Waals surface area (Å²) < 4.78 is 5.63. The zero-order valence-corrected chi connectivity index (χ0v) is 8.86. The summed E-state index contributed by atoms with van der Waals surface area (Å²) in [6, 6.07) is 10.0. The molecule has 1 atom stereocenters. The van der Waals surface area contributed by atoms with Crippen molar-refractivity contribution in [3.63, 3.8) is 0 Å². The highest BCUT2D eigenvalue weighted by molar-refractivity contribution is 6.21. The van der Waals surface area contributed by atoms with Gasteiger partial charge in [0.25, 0.3) is 0 Å². The summed E-state index contributed by atoms with van der Waals surface area (Å²) in [7, 11) is 5.47. The molecule has 0 fully saturated rings. The second kappa shape index (κ2) is 6.25. The van der Waals surface area contributed by atoms with Crippen LogP contribution in [0.5, 0.6) is 0 Å². The summed E-state index contributed by atoms with van der Waals surface area (Å²) in [4.78, 5) is 0. The molecule has 0 saturated heterocycles. The Morgan fingerprint density at radius 3 is 2.60 bits per heavy atom. The SMILES string of the molecule is [B]C(=C)COC(CC=C)c1ccccc1. The second-order valence-corrected chi connectivity index (χ2v) is 3.39. The summed E-state index contributed by atoms with van der Waals surface area (Å²) >= 11 is 0. The molecule has 0 saturated carbocycles. The van der Waals surface area contributed by atoms with E-state index < -0.39 is 0 Å². The third-order valence-electron chi connectivity index (χ3n) is 2.02. The molecule has 76 valence electrons. The Morgan fingerprint density at radius 1 is 1.40 bits per heavy atom. The molecule has 2 radical (unpaired) electrons. The molecule has 0 aliphatic rings. The number of rotatable bonds is 6. The Morgan fingerprint density at radius 2 is 2.07 bits per heavy atom. The Bertz CT molecular complexity index is 319. The van der Waals surface area contributed by atoms with Crippen molar-refractivity contribution < 1.29 is 4.74 Å². The average Bonchev–Trinajstić information content (AvgIpc) is 2.25. The summed E-state index contributed by atoms with van der Waals surface area (Å²) in [5.74, 6) is 0. The molecule has 1 unspecified atom stereocenters. The first-order valence-electron chi connectivity index (χ1n) is 4.94. The van der Waals surface area contributed by atoms with Gasteiger partial charge in [-0.3, -0.25) is 0 Å². The molecule has 0 N–H and O–H groups in total. The van der Waals surface area contributed by atoms with Crippen LogP contribution in [-0.2, 0) is 4.74 Å². The van der Waals surface area contributed by atoms with E-state index in [4.69, 9.17) is 12.6 Å². The van der Waals surface area contributed by atoms with Gasteiger partial charge in [0.2, 0.25) is 0 Å². The van der Waals surface area contributed by atoms with Crippen LogP contribution >= 0.6 is 0 Å². The Balaban J connectivity index is 2.65. The van der Waals surface area contributed by atoms with Crippen LogP contribution in [0.4, 0.5) is 0 Å². The molecule has 15 heavy (non-hydrogen) atoms. The minimum Gasteiger partial charge on any atom is -0.370 e. The monoisotopic (exact) mass is 198 g/mol. The molecule has 0 amide bonds. The van der Waals surface area contributed by atoms with Crippen molar-refractivity contribution in [1.82, 2.24) is 0 Å². The molecule has 1 aromatic rings. The minimum atomic E-state index is 0.0176. The molecule has 2 heteroatoms. The van der Waals surface area contributed by atoms with Gasteiger partial charge in [0, 0.05) is 0 Å². The fourth-order valence-electron chi connectivity index (χ4n) is 1.33. The predicted molar refractivity (Wildman–Crippen MR) is 64.8 cm³/mol. The highest BCUT2D eigenvalue weighted by Gasteiger charge is 2.09. The van der Waals surface area contributed by atoms with Gasteiger partial charge in [0.05, 0.1) is 12.7 Å². The zero-order chi connectivity index (χ0) is 11.1. The molecule has 0 aliphatic carbocycles. The normalized spacial score (nSPS) is 12.0. The van der Waals surface area contributed by atoms with Crippen molar-refractivity contribution in [2.75, 3.05) is 6.61 Å². The third kappa shape index (κ3) is 4.17. The molecule has 0 bridgehead atoms. The van der Waals surface area contributed by atoms with Crippen molar-refractivity contribution in [3.8, 4) is 0 Å². The van der Waals surface area contributed by atoms with E-state index in [0.29, 0.717) is 12.1 Å². The first kappa shape index (κ1) is 11.8. The van der Waals surface area contributed by atoms with Gasteiger partial charge < -0.3 is 4.74 Å². The molecule has 0 aliphatic heterocycles. The number of benzene rings is 1. The van der Waals surface area contributed by atoms with Crippen molar-refractivity contribution in [2.24, 2.45) is 0 Å². The Labute approximate surface area is 92.9 Å². The summed E-state index contributed by atoms with van der Waals surface area (Å²) in [6.45, 7) is 7.71. The van der Waals surface area contributed by atoms with Crippen LogP contribution in [0, 0.1) is 0 Å². The molecule has 1 aromatic carbocycles. The van der Waals surface area contributed by atoms with Crippen molar-refractivity contribution in [3.05, 3.63) is 60.6 Å². The molecule has 1 rings (SSSR count). The number of ether oxygens (including phenoxy) is 1. The maximum Gasteiger partial charge on any atom is 0.110 e. The lowest BCUT2D eigenvalue weighted by atomic mass is 9.99. The topological polar surface area (TPSA) is 9.23 Å². The molecule has 0 heterocycles. The standard InChI is InChI=1S/C13H15BO/c1-3-7-13(15-10-11(2)14)12-8-5-4-6-9-12/h3-6,8-9,13H,1-2,7,10H2. The van der Waals surface area contributed by atoms with E-state index in [-0.39, 0.29) is 6.10 Å². The van der Waals surface area contributed by atoms with Gasteiger partial charge in [0.1, 0.15) is 7.85 Å². The van der Waals surface area contributed by atoms with Crippen LogP contribution in [0.2, 0.25) is 0 Å². The fourth-order valence-corrected chi connectivity index (χ4v) is 1.33. The van der Waals surface area contributed by atoms with Crippen LogP contribution in [-0.4, -0.2) is 14.5 Å². The van der Waals surface area contributed by atoms with Crippen molar-refractivity contribution in [1.29, 1.82) is 0 Å². The molecule has 0 spiro atoms. The predicted octanol–water partition coefficient (Wildman–Crippen LogP) is 3.00. The first-order chi connectivity index (χ1) is 7.24. The van der Waals surface area contributed by atoms with E-state index in [1.165, 1.54) is 0 Å². The van der Waals surface area contributed by atoms with Crippen molar-refractivity contribution >= 4 is 7.85 Å². The average molecular weight is 198 g/mol. The largest absolute Gasteiger partial charge is 0.370 e. The van der Waals surface area contributed by atoms with E-state index in [2.05, 4.69) is 13.2 Å². The van der Waals surface area contributed by atoms with E-state index in [1.807, 2.05) is 36.4 Å². The lowest BCUT2D eigenvalue weighted by molar-refractivity contribution is 0.0748. The van der Waals surface area contributed by atoms with Crippen molar-refractivity contribution in [2.45, 2.75) is 12.5 Å². The third-order valence-corrected chi connectivity index (χ3v) is 2.02. The highest BCUT2D eigenvalue weighted by Crippen LogP contribution is 2.21. The second-order valence-electron chi connectivity index (χ2n) is 3.39. The summed E-state index contributed by atoms with van der Waals surface area (Å²) in [6.07, 6.45) is 2.64. The summed E-state index contributed by atoms with van der Waals surface area (Å²) in [5.41, 5.74) is 1.68. The Hall–Kier alpha value is -1.28. The van der Waals surface area contributed by atoms with Crippen LogP contribution in [0.15, 0.2) is 55.0 Å². The maximum absolute atomic E-state index is 5.63. The van der Waals surface area contributed by atoms with Gasteiger partial charge >= 0.3 is 0 Å². The molecule has 1 nitrogen and oxygen atoms in total. The van der Waals surface area contributed by atoms with E-state index in [1.54, 1.807) is 0 Å². The van der Waals surface area contributed by atoms with Crippen LogP contribution in [0.3, 0.4) is 0 Å². The molecular weight excluding hydrogens is 183 g/mol. The fraction of sp³-hybridized carbons (Fsp3) is 0.231. The van der Waals surface area contributed by atoms with Gasteiger partial charge in [-0.1, -0.05) is 36.4 Å². The van der Waals surface area contributed by atoms with Gasteiger partial charge in [-0.2, -0.15) is 0 Å². The number of hydrogen-bond donors (Lipinski definition) is 0. The van der Waals surface area contributed by atoms with Gasteiger partial charge in [0.15, 0.2) is 0 Å². The molecular formula is C13H15BO. The van der Waals surface area contributed by atoms with E-state index in [9.17, 15) is 0 Å². The lowest BCUT2D eigenvalue weighted by Gasteiger charge is -2.16. The first-order valence-corrected chi connectivity index (χ1v) is 4.94. The quantitative estimate of drug-likeness (QED) is 0.504. The minimum absolute atomic E-state index is 0.0176. The highest BCUT2D eigenvalue weighted by atomic mass is 16.5. The van der Waals surface area contributed by atoms with Gasteiger partial charge in [-0.05, 0) is 12.0 Å². The van der Waals surface area contributed by atoms with Crippen LogP contribution < -0.4 is 0 Å². The summed E-state index contributed by atoms with van der Waals surface area (Å²) in [5, 5.41) is 0. The van der Waals surface area contributed by atoms with Gasteiger partial charge in [-0.25, -0.2) is 0 Å². The van der Waals surface area contributed by atoms with E-state index in [0.717, 1.165) is 12.0 Å². The smallest absolute Gasteiger partial charge is 0.110 e. The zero-order valence-electron chi connectivity index (χ0n) is 8.86. The van der Waals surface area contributed by atoms with Crippen LogP contribution in [0.25, 0.3) is 0 Å². The van der Waals surface area contributed by atoms with E-state index >= 15 is 0 Å². The number of hydrogen-bond acceptors (Lipinski definition) is 1.